The Labute approximate surface area is 893 Å². The molecule has 0 bridgehead atoms. The number of rotatable bonds is 17. The zero-order valence-corrected chi connectivity index (χ0v) is 89.9. The van der Waals surface area contributed by atoms with Gasteiger partial charge in [-0.2, -0.15) is 0 Å². The van der Waals surface area contributed by atoms with Gasteiger partial charge in [0.1, 0.15) is 11.1 Å². The molecule has 29 heteroatoms. The molecule has 140 heavy (non-hydrogen) atoms. The average molecular weight is 2500 g/mol. The summed E-state index contributed by atoms with van der Waals surface area (Å²) in [5, 5.41) is 35.2. The number of hydrogen-bond donors (Lipinski definition) is 3. The van der Waals surface area contributed by atoms with Crippen molar-refractivity contribution in [3.05, 3.63) is 478 Å². The van der Waals surface area contributed by atoms with Crippen LogP contribution >= 0.6 is 159 Å². The lowest BCUT2D eigenvalue weighted by molar-refractivity contribution is 0.0655. The SMILES string of the molecule is O=C1N(c2ccc(Br)cc2)C(O)C(c2ccccc2)(C2CC2)N1c1ccc(Br)cc1.O=C1N(c2ccc(Br)cc2)C(O)[C@@](c2ccccc2)(C2CC2)N1c1ccc(Br)cc1.O=C1N(c2ccc(Br)cc2)C2OC2(c2ccccc2)N1c1ccc(Br)cc1.O=C1N(c2ccc(Br)cc2)CC(O)(c2ccccc2)N1c1ccc(Br)cc1.O=c1n(-c2ccc(Br)cc2)cc(-c2ccccc2)n1-c1ccc(Br)cc1. The van der Waals surface area contributed by atoms with Crippen LogP contribution < -0.4 is 44.9 Å². The predicted octanol–water partition coefficient (Wildman–Crippen LogP) is 29.8. The number of urea groups is 4. The summed E-state index contributed by atoms with van der Waals surface area (Å²) in [6, 6.07) is 124. The van der Waals surface area contributed by atoms with Crippen molar-refractivity contribution in [2.45, 2.75) is 66.9 Å². The average Bonchev–Trinajstić information content (AvgIpc) is 1.50. The molecule has 702 valence electrons. The second-order valence-electron chi connectivity index (χ2n) is 34.2. The molecule has 23 rings (SSSR count). The number of imidazole rings is 1. The van der Waals surface area contributed by atoms with Crippen LogP contribution in [0.2, 0.25) is 0 Å². The Bertz CT molecular complexity index is 6940. The fourth-order valence-electron chi connectivity index (χ4n) is 19.0. The molecule has 5 aliphatic heterocycles. The predicted molar refractivity (Wildman–Crippen MR) is 589 cm³/mol. The number of halogens is 10. The lowest BCUT2D eigenvalue weighted by atomic mass is 9.82. The highest BCUT2D eigenvalue weighted by Crippen LogP contribution is 2.62. The van der Waals surface area contributed by atoms with Crippen molar-refractivity contribution in [1.29, 1.82) is 0 Å². The second kappa shape index (κ2) is 41.5. The summed E-state index contributed by atoms with van der Waals surface area (Å²) < 4.78 is 19.1. The van der Waals surface area contributed by atoms with E-state index < -0.39 is 35.0 Å². The molecule has 1 aromatic heterocycles. The number of hydrogen-bond acceptors (Lipinski definition) is 9. The molecule has 8 amide bonds. The number of amides is 8. The van der Waals surface area contributed by atoms with E-state index in [0.29, 0.717) is 22.6 Å². The van der Waals surface area contributed by atoms with Gasteiger partial charge in [0.05, 0.1) is 23.6 Å². The summed E-state index contributed by atoms with van der Waals surface area (Å²) in [6.07, 6.45) is 3.40. The lowest BCUT2D eigenvalue weighted by Gasteiger charge is -2.40. The van der Waals surface area contributed by atoms with Crippen molar-refractivity contribution in [1.82, 2.24) is 9.13 Å². The first-order valence-electron chi connectivity index (χ1n) is 44.8. The Morgan fingerprint density at radius 2 is 0.543 bits per heavy atom. The maximum Gasteiger partial charge on any atom is 0.337 e. The summed E-state index contributed by atoms with van der Waals surface area (Å²) in [7, 11) is 0. The molecular formula is C111H84Br10N10O9. The molecule has 6 unspecified atom stereocenters. The molecule has 2 saturated carbocycles. The molecule has 15 aromatic carbocycles. The number of anilines is 8. The Morgan fingerprint density at radius 3 is 0.886 bits per heavy atom. The van der Waals surface area contributed by atoms with E-state index in [2.05, 4.69) is 159 Å². The number of carbonyl (C=O) groups excluding carboxylic acids is 4. The van der Waals surface area contributed by atoms with E-state index in [1.165, 1.54) is 14.7 Å². The van der Waals surface area contributed by atoms with E-state index in [4.69, 9.17) is 4.74 Å². The van der Waals surface area contributed by atoms with Crippen LogP contribution in [0.15, 0.2) is 450 Å². The van der Waals surface area contributed by atoms with E-state index >= 15 is 0 Å². The van der Waals surface area contributed by atoms with Crippen LogP contribution in [-0.4, -0.2) is 73.8 Å². The minimum Gasteiger partial charge on any atom is -0.370 e. The van der Waals surface area contributed by atoms with Gasteiger partial charge in [-0.3, -0.25) is 48.3 Å². The van der Waals surface area contributed by atoms with Crippen LogP contribution in [0.4, 0.5) is 64.7 Å². The molecule has 19 nitrogen and oxygen atoms in total. The summed E-state index contributed by atoms with van der Waals surface area (Å²) in [5.74, 6) is 0.367. The minimum absolute atomic E-state index is 0.0975. The van der Waals surface area contributed by atoms with Crippen molar-refractivity contribution in [3.63, 3.8) is 0 Å². The van der Waals surface area contributed by atoms with Gasteiger partial charge in [0.25, 0.3) is 0 Å². The van der Waals surface area contributed by atoms with Gasteiger partial charge < -0.3 is 20.1 Å². The van der Waals surface area contributed by atoms with Crippen molar-refractivity contribution in [2.24, 2.45) is 11.8 Å². The Hall–Kier alpha value is -11.0. The first-order chi connectivity index (χ1) is 67.8. The summed E-state index contributed by atoms with van der Waals surface area (Å²) >= 11 is 34.5. The second-order valence-corrected chi connectivity index (χ2v) is 43.4. The summed E-state index contributed by atoms with van der Waals surface area (Å²) in [4.78, 5) is 81.0. The largest absolute Gasteiger partial charge is 0.370 e. The molecule has 5 saturated heterocycles. The van der Waals surface area contributed by atoms with Crippen LogP contribution in [0, 0.1) is 11.8 Å². The van der Waals surface area contributed by atoms with Crippen LogP contribution in [0.5, 0.6) is 0 Å². The Kier molecular flexibility index (Phi) is 29.0. The highest BCUT2D eigenvalue weighted by Gasteiger charge is 2.74. The zero-order valence-electron chi connectivity index (χ0n) is 74.1. The zero-order chi connectivity index (χ0) is 97.5. The minimum atomic E-state index is -1.47. The molecule has 7 fully saturated rings. The summed E-state index contributed by atoms with van der Waals surface area (Å²) in [5.41, 5.74) is 8.83. The van der Waals surface area contributed by atoms with Crippen LogP contribution in [0.1, 0.15) is 47.9 Å². The van der Waals surface area contributed by atoms with Gasteiger partial charge in [0.2, 0.25) is 5.72 Å². The number of aliphatic hydroxyl groups excluding tert-OH is 2. The topological polar surface area (TPSA) is 194 Å². The lowest BCUT2D eigenvalue weighted by Crippen LogP contribution is -2.51. The Balaban J connectivity index is 0.000000112. The third-order valence-electron chi connectivity index (χ3n) is 25.8. The fourth-order valence-corrected chi connectivity index (χ4v) is 21.6. The molecule has 3 N–H and O–H groups in total. The number of benzene rings is 15. The molecular weight excluding hydrogens is 2420 g/mol. The number of carbonyl (C=O) groups is 4. The van der Waals surface area contributed by atoms with E-state index in [0.717, 1.165) is 138 Å². The van der Waals surface area contributed by atoms with E-state index in [1.807, 2.05) is 401 Å². The van der Waals surface area contributed by atoms with E-state index in [9.17, 15) is 39.3 Å². The number of aliphatic hydroxyl groups is 3. The van der Waals surface area contributed by atoms with Crippen LogP contribution in [-0.2, 0) is 27.3 Å². The van der Waals surface area contributed by atoms with Crippen molar-refractivity contribution >= 4 is 229 Å². The first kappa shape index (κ1) is 97.8. The molecule has 0 spiro atoms. The third kappa shape index (κ3) is 19.1. The number of ether oxygens (including phenoxy) is 1. The maximum atomic E-state index is 13.9. The molecule has 7 aliphatic rings. The highest BCUT2D eigenvalue weighted by molar-refractivity contribution is 9.12. The molecule has 7 atom stereocenters. The van der Waals surface area contributed by atoms with Crippen LogP contribution in [0.3, 0.4) is 0 Å². The van der Waals surface area contributed by atoms with Crippen molar-refractivity contribution in [3.8, 4) is 22.6 Å². The monoisotopic (exact) mass is 2490 g/mol. The van der Waals surface area contributed by atoms with Crippen molar-refractivity contribution < 1.29 is 39.2 Å². The maximum absolute atomic E-state index is 13.9. The van der Waals surface area contributed by atoms with Gasteiger partial charge in [-0.1, -0.05) is 311 Å². The normalized spacial score (nSPS) is 20.5. The van der Waals surface area contributed by atoms with E-state index in [1.54, 1.807) is 33.6 Å². The number of β-amino-alcohol motifs (C(OH)–C–C–N with tert-alkyl or cyclic N) is 1. The number of aromatic nitrogens is 2. The van der Waals surface area contributed by atoms with Crippen LogP contribution in [0.25, 0.3) is 22.6 Å². The van der Waals surface area contributed by atoms with E-state index in [-0.39, 0.29) is 54.4 Å². The van der Waals surface area contributed by atoms with Crippen molar-refractivity contribution in [2.75, 3.05) is 45.7 Å². The number of epoxide rings is 1. The fraction of sp³-hybridized carbons (Fsp3) is 0.126. The quantitative estimate of drug-likeness (QED) is 0.0744. The van der Waals surface area contributed by atoms with Gasteiger partial charge in [-0.05, 0) is 291 Å². The molecule has 0 radical (unpaired) electrons. The number of fused-ring (bicyclic) bond motifs is 1. The first-order valence-corrected chi connectivity index (χ1v) is 52.7. The van der Waals surface area contributed by atoms with Gasteiger partial charge in [0.15, 0.2) is 24.4 Å². The van der Waals surface area contributed by atoms with Gasteiger partial charge in [-0.15, -0.1) is 0 Å². The highest BCUT2D eigenvalue weighted by atomic mass is 79.9. The van der Waals surface area contributed by atoms with Gasteiger partial charge >= 0.3 is 29.8 Å². The molecule has 2 aliphatic carbocycles. The smallest absolute Gasteiger partial charge is 0.337 e. The molecule has 16 aromatic rings. The number of nitrogens with zero attached hydrogens (tertiary/aromatic N) is 10. The Morgan fingerprint density at radius 1 is 0.271 bits per heavy atom. The molecule has 6 heterocycles. The van der Waals surface area contributed by atoms with Gasteiger partial charge in [-0.25, -0.2) is 24.0 Å². The van der Waals surface area contributed by atoms with Gasteiger partial charge in [0, 0.05) is 113 Å². The third-order valence-corrected chi connectivity index (χ3v) is 31.0. The standard InChI is InChI=1S/2C24H20Br2N2O2.C21H14Br2N2O2.C21H16Br2N2O2.C21H14Br2N2O/c2*25-18-8-12-20(13-9-18)27-22(29)24(17-6-7-17,16-4-2-1-3-5-16)28(23(27)30)21-14-10-19(26)11-15-21;22-15-6-10-17(11-7-15)24-19-21(27-19,14-4-2-1-3-5-14)25(20(24)26)18-12-8-16(23)9-13-18;22-16-6-10-18(11-7-16)24-14-21(27,15-4-2-1-3-5-15)25(20(24)26)19-12-8-17(23)9-13-19;22-16-6-10-18(11-7-16)24-14-20(15-4-2-1-3-5-15)25(21(24)26)19-12-8-17(23)9-13-19/h2*1-5,8-15,17,22,29H,6-7H2;1-13,19H;1-13,27H,14H2;1-14H/t22?,24-;;;;/m1..../s1. The summed E-state index contributed by atoms with van der Waals surface area (Å²) in [6.45, 7) is 0.132.